The van der Waals surface area contributed by atoms with Crippen LogP contribution < -0.4 is 0 Å². The summed E-state index contributed by atoms with van der Waals surface area (Å²) in [6.07, 6.45) is -0.319. The van der Waals surface area contributed by atoms with E-state index in [4.69, 9.17) is 16.3 Å². The van der Waals surface area contributed by atoms with Gasteiger partial charge in [0.15, 0.2) is 0 Å². The van der Waals surface area contributed by atoms with Crippen molar-refractivity contribution >= 4 is 17.5 Å². The summed E-state index contributed by atoms with van der Waals surface area (Å²) in [6, 6.07) is 18.9. The predicted octanol–water partition coefficient (Wildman–Crippen LogP) is 6.19. The first-order valence-corrected chi connectivity index (χ1v) is 8.95. The maximum absolute atomic E-state index is 14.0. The lowest BCUT2D eigenvalue weighted by Gasteiger charge is -2.13. The van der Waals surface area contributed by atoms with Crippen molar-refractivity contribution in [2.24, 2.45) is 4.99 Å². The Labute approximate surface area is 161 Å². The van der Waals surface area contributed by atoms with Crippen LogP contribution in [0.2, 0.25) is 5.02 Å². The minimum absolute atomic E-state index is 0.00452. The lowest BCUT2D eigenvalue weighted by molar-refractivity contribution is 0.213. The fourth-order valence-electron chi connectivity index (χ4n) is 3.19. The summed E-state index contributed by atoms with van der Waals surface area (Å²) in [7, 11) is 0. The monoisotopic (exact) mass is 383 g/mol. The molecule has 0 saturated carbocycles. The summed E-state index contributed by atoms with van der Waals surface area (Å²) in [6.45, 7) is 1.84. The second-order valence-corrected chi connectivity index (χ2v) is 6.86. The van der Waals surface area contributed by atoms with Gasteiger partial charge in [-0.05, 0) is 47.9 Å². The second-order valence-electron chi connectivity index (χ2n) is 6.43. The minimum atomic E-state index is -0.681. The molecule has 3 aromatic carbocycles. The molecule has 2 nitrogen and oxygen atoms in total. The van der Waals surface area contributed by atoms with Crippen LogP contribution in [0, 0.1) is 11.6 Å². The molecule has 4 rings (SSSR count). The van der Waals surface area contributed by atoms with Gasteiger partial charge >= 0.3 is 0 Å². The van der Waals surface area contributed by atoms with Crippen molar-refractivity contribution in [1.82, 2.24) is 0 Å². The van der Waals surface area contributed by atoms with Gasteiger partial charge in [-0.1, -0.05) is 54.1 Å². The summed E-state index contributed by atoms with van der Waals surface area (Å²) < 4.78 is 33.7. The number of nitrogens with zero attached hydrogens (tertiary/aromatic N) is 1. The second kappa shape index (κ2) is 7.12. The van der Waals surface area contributed by atoms with E-state index in [2.05, 4.69) is 4.99 Å². The molecule has 1 heterocycles. The predicted molar refractivity (Wildman–Crippen MR) is 103 cm³/mol. The largest absolute Gasteiger partial charge is 0.472 e. The van der Waals surface area contributed by atoms with Gasteiger partial charge < -0.3 is 4.74 Å². The first kappa shape index (κ1) is 17.7. The molecule has 5 heteroatoms. The van der Waals surface area contributed by atoms with Crippen LogP contribution >= 0.6 is 11.6 Å². The molecule has 0 aliphatic carbocycles. The summed E-state index contributed by atoms with van der Waals surface area (Å²) in [5, 5.41) is 0.689. The van der Waals surface area contributed by atoms with E-state index < -0.39 is 11.6 Å². The molecule has 0 amide bonds. The van der Waals surface area contributed by atoms with Gasteiger partial charge in [-0.3, -0.25) is 0 Å². The molecule has 1 aliphatic heterocycles. The van der Waals surface area contributed by atoms with Gasteiger partial charge in [0.1, 0.15) is 29.3 Å². The van der Waals surface area contributed by atoms with Crippen LogP contribution in [0.15, 0.2) is 71.7 Å². The van der Waals surface area contributed by atoms with Crippen molar-refractivity contribution in [2.45, 2.75) is 19.1 Å². The third-order valence-electron chi connectivity index (χ3n) is 4.60. The smallest absolute Gasteiger partial charge is 0.223 e. The summed E-state index contributed by atoms with van der Waals surface area (Å²) in [5.41, 5.74) is 2.81. The highest BCUT2D eigenvalue weighted by molar-refractivity contribution is 6.30. The first-order chi connectivity index (χ1) is 13.0. The highest BCUT2D eigenvalue weighted by Gasteiger charge is 2.32. The third-order valence-corrected chi connectivity index (χ3v) is 4.86. The van der Waals surface area contributed by atoms with Crippen molar-refractivity contribution in [3.8, 4) is 11.1 Å². The lowest BCUT2D eigenvalue weighted by atomic mass is 9.99. The number of benzene rings is 3. The molecule has 0 N–H and O–H groups in total. The van der Waals surface area contributed by atoms with Gasteiger partial charge in [0.05, 0.1) is 0 Å². The Morgan fingerprint density at radius 1 is 0.852 bits per heavy atom. The van der Waals surface area contributed by atoms with Crippen molar-refractivity contribution in [3.63, 3.8) is 0 Å². The van der Waals surface area contributed by atoms with Crippen LogP contribution in [0.5, 0.6) is 0 Å². The van der Waals surface area contributed by atoms with Crippen molar-refractivity contribution < 1.29 is 13.5 Å². The van der Waals surface area contributed by atoms with Gasteiger partial charge in [-0.2, -0.15) is 0 Å². The molecule has 0 aromatic heterocycles. The van der Waals surface area contributed by atoms with Crippen LogP contribution in [0.25, 0.3) is 11.1 Å². The fourth-order valence-corrected chi connectivity index (χ4v) is 3.31. The van der Waals surface area contributed by atoms with Crippen LogP contribution in [-0.2, 0) is 4.74 Å². The third kappa shape index (κ3) is 3.45. The van der Waals surface area contributed by atoms with Crippen molar-refractivity contribution in [1.29, 1.82) is 0 Å². The summed E-state index contributed by atoms with van der Waals surface area (Å²) in [4.78, 5) is 4.44. The van der Waals surface area contributed by atoms with E-state index in [-0.39, 0.29) is 23.6 Å². The normalized spacial score (nSPS) is 18.9. The molecule has 0 spiro atoms. The average Bonchev–Trinajstić information content (AvgIpc) is 3.04. The molecule has 1 unspecified atom stereocenters. The average molecular weight is 384 g/mol. The van der Waals surface area contributed by atoms with E-state index in [1.807, 2.05) is 55.5 Å². The minimum Gasteiger partial charge on any atom is -0.472 e. The number of hydrogen-bond acceptors (Lipinski definition) is 2. The molecule has 3 aromatic rings. The van der Waals surface area contributed by atoms with Crippen LogP contribution in [-0.4, -0.2) is 12.0 Å². The van der Waals surface area contributed by atoms with Crippen LogP contribution in [0.3, 0.4) is 0 Å². The molecular weight excluding hydrogens is 368 g/mol. The fraction of sp³-hybridized carbons (Fsp3) is 0.136. The summed E-state index contributed by atoms with van der Waals surface area (Å²) in [5.74, 6) is -1.36. The highest BCUT2D eigenvalue weighted by atomic mass is 35.5. The zero-order valence-corrected chi connectivity index (χ0v) is 15.3. The van der Waals surface area contributed by atoms with E-state index >= 15 is 0 Å². The Morgan fingerprint density at radius 2 is 1.41 bits per heavy atom. The Hall–Kier alpha value is -2.72. The molecule has 0 radical (unpaired) electrons. The molecule has 2 atom stereocenters. The summed E-state index contributed by atoms with van der Waals surface area (Å²) >= 11 is 5.93. The quantitative estimate of drug-likeness (QED) is 0.528. The van der Waals surface area contributed by atoms with E-state index in [0.29, 0.717) is 5.02 Å². The van der Waals surface area contributed by atoms with E-state index in [1.165, 1.54) is 18.2 Å². The van der Waals surface area contributed by atoms with E-state index in [1.54, 1.807) is 0 Å². The number of hydrogen-bond donors (Lipinski definition) is 0. The first-order valence-electron chi connectivity index (χ1n) is 8.57. The van der Waals surface area contributed by atoms with Crippen molar-refractivity contribution in [3.05, 3.63) is 94.5 Å². The number of halogens is 3. The van der Waals surface area contributed by atoms with Gasteiger partial charge in [0.25, 0.3) is 0 Å². The maximum Gasteiger partial charge on any atom is 0.223 e. The van der Waals surface area contributed by atoms with E-state index in [0.717, 1.165) is 16.7 Å². The van der Waals surface area contributed by atoms with Crippen molar-refractivity contribution in [2.75, 3.05) is 0 Å². The lowest BCUT2D eigenvalue weighted by Crippen LogP contribution is -2.14. The van der Waals surface area contributed by atoms with Crippen LogP contribution in [0.4, 0.5) is 8.78 Å². The molecule has 0 saturated heterocycles. The Kier molecular flexibility index (Phi) is 4.66. The highest BCUT2D eigenvalue weighted by Crippen LogP contribution is 2.33. The Balaban J connectivity index is 1.63. The zero-order valence-electron chi connectivity index (χ0n) is 14.5. The molecule has 136 valence electrons. The van der Waals surface area contributed by atoms with Gasteiger partial charge in [-0.25, -0.2) is 13.8 Å². The zero-order chi connectivity index (χ0) is 19.0. The Bertz CT molecular complexity index is 980. The number of ether oxygens (including phenoxy) is 1. The SMILES string of the molecule is C[C@H]1OC(c2c(F)cccc2F)=NC1c1ccc(-c2ccc(Cl)cc2)cc1. The van der Waals surface area contributed by atoms with Gasteiger partial charge in [0, 0.05) is 5.02 Å². The molecular formula is C22H16ClF2NO. The molecule has 1 aliphatic rings. The topological polar surface area (TPSA) is 21.6 Å². The molecule has 27 heavy (non-hydrogen) atoms. The standard InChI is InChI=1S/C22H16ClF2NO/c1-13-21(26-22(27-13)20-18(24)3-2-4-19(20)25)16-7-5-14(6-8-16)15-9-11-17(23)12-10-15/h2-13,21H,1H3/t13-,21?/m1/s1. The number of rotatable bonds is 3. The molecule has 0 bridgehead atoms. The number of aliphatic imine (C=N–C) groups is 1. The van der Waals surface area contributed by atoms with Gasteiger partial charge in [0.2, 0.25) is 5.90 Å². The van der Waals surface area contributed by atoms with Crippen LogP contribution in [0.1, 0.15) is 24.1 Å². The Morgan fingerprint density at radius 3 is 2.00 bits per heavy atom. The molecule has 0 fully saturated rings. The van der Waals surface area contributed by atoms with Gasteiger partial charge in [-0.15, -0.1) is 0 Å². The maximum atomic E-state index is 14.0. The van der Waals surface area contributed by atoms with E-state index in [9.17, 15) is 8.78 Å².